The second-order valence-electron chi connectivity index (χ2n) is 7.33. The number of amidine groups is 1. The van der Waals surface area contributed by atoms with Crippen LogP contribution in [0.25, 0.3) is 0 Å². The molecule has 2 aliphatic heterocycles. The number of nitrogens with zero attached hydrogens (tertiary/aromatic N) is 2. The summed E-state index contributed by atoms with van der Waals surface area (Å²) in [5.74, 6) is 1.26. The maximum Gasteiger partial charge on any atom is 0.275 e. The average molecular weight is 494 g/mol. The van der Waals surface area contributed by atoms with Gasteiger partial charge < -0.3 is 22.1 Å². The Balaban J connectivity index is 0.00000210. The van der Waals surface area contributed by atoms with Crippen molar-refractivity contribution >= 4 is 27.5 Å². The van der Waals surface area contributed by atoms with E-state index < -0.39 is 5.72 Å². The van der Waals surface area contributed by atoms with E-state index in [1.54, 1.807) is 0 Å². The summed E-state index contributed by atoms with van der Waals surface area (Å²) in [6, 6.07) is 16.8. The van der Waals surface area contributed by atoms with E-state index in [4.69, 9.17) is 0 Å². The van der Waals surface area contributed by atoms with Gasteiger partial charge in [0.1, 0.15) is 5.69 Å². The van der Waals surface area contributed by atoms with E-state index in [0.29, 0.717) is 6.54 Å². The first-order valence-corrected chi connectivity index (χ1v) is 10.4. The van der Waals surface area contributed by atoms with Crippen LogP contribution in [-0.4, -0.2) is 28.6 Å². The number of hydrogen-bond donors (Lipinski definition) is 1. The first kappa shape index (κ1) is 20.6. The summed E-state index contributed by atoms with van der Waals surface area (Å²) in [7, 11) is 0. The molecule has 0 aromatic heterocycles. The zero-order valence-electron chi connectivity index (χ0n) is 15.7. The Morgan fingerprint density at radius 1 is 1.04 bits per heavy atom. The van der Waals surface area contributed by atoms with E-state index in [0.717, 1.165) is 35.1 Å². The second-order valence-corrected chi connectivity index (χ2v) is 8.24. The van der Waals surface area contributed by atoms with Crippen molar-refractivity contribution in [2.24, 2.45) is 0 Å². The van der Waals surface area contributed by atoms with Crippen molar-refractivity contribution in [3.63, 3.8) is 0 Å². The van der Waals surface area contributed by atoms with Crippen LogP contribution >= 0.6 is 15.9 Å². The summed E-state index contributed by atoms with van der Waals surface area (Å²) in [5, 5.41) is 11.9. The Kier molecular flexibility index (Phi) is 6.44. The summed E-state index contributed by atoms with van der Waals surface area (Å²) in [6.07, 6.45) is 5.67. The van der Waals surface area contributed by atoms with Gasteiger partial charge in [0.05, 0.1) is 6.54 Å². The van der Waals surface area contributed by atoms with E-state index in [1.807, 2.05) is 0 Å². The topological polar surface area (TPSA) is 26.5 Å². The molecule has 144 valence electrons. The van der Waals surface area contributed by atoms with Gasteiger partial charge in [-0.15, -0.1) is 0 Å². The zero-order chi connectivity index (χ0) is 18.1. The molecule has 3 nitrogen and oxygen atoms in total. The van der Waals surface area contributed by atoms with Gasteiger partial charge in [-0.3, -0.25) is 4.58 Å². The molecule has 5 heteroatoms. The van der Waals surface area contributed by atoms with Crippen LogP contribution in [0.15, 0.2) is 53.0 Å². The molecule has 1 atom stereocenters. The van der Waals surface area contributed by atoms with Crippen molar-refractivity contribution in [3.8, 4) is 0 Å². The number of aryl methyl sites for hydroxylation is 1. The average Bonchev–Trinajstić information content (AvgIpc) is 2.80. The molecule has 0 fully saturated rings. The summed E-state index contributed by atoms with van der Waals surface area (Å²) in [6.45, 7) is 3.81. The van der Waals surface area contributed by atoms with Gasteiger partial charge in [-0.1, -0.05) is 47.1 Å². The van der Waals surface area contributed by atoms with E-state index >= 15 is 0 Å². The van der Waals surface area contributed by atoms with Gasteiger partial charge >= 0.3 is 0 Å². The second kappa shape index (κ2) is 8.46. The molecule has 0 radical (unpaired) electrons. The smallest absolute Gasteiger partial charge is 0.275 e. The molecule has 2 aromatic rings. The van der Waals surface area contributed by atoms with Gasteiger partial charge in [-0.25, -0.2) is 0 Å². The lowest BCUT2D eigenvalue weighted by Gasteiger charge is -2.29. The van der Waals surface area contributed by atoms with E-state index in [2.05, 4.69) is 80.9 Å². The lowest BCUT2D eigenvalue weighted by molar-refractivity contribution is -0.534. The predicted octanol–water partition coefficient (Wildman–Crippen LogP) is 1.67. The number of benzene rings is 2. The van der Waals surface area contributed by atoms with Crippen molar-refractivity contribution in [1.82, 2.24) is 0 Å². The Morgan fingerprint density at radius 2 is 1.74 bits per heavy atom. The van der Waals surface area contributed by atoms with Crippen molar-refractivity contribution < 1.29 is 26.7 Å². The lowest BCUT2D eigenvalue weighted by atomic mass is 9.98. The molecule has 2 heterocycles. The third-order valence-electron chi connectivity index (χ3n) is 5.64. The van der Waals surface area contributed by atoms with Crippen LogP contribution in [0.3, 0.4) is 0 Å². The Morgan fingerprint density at radius 3 is 2.41 bits per heavy atom. The molecule has 2 aromatic carbocycles. The SMILES string of the molecule is CCc1ccc(C2(O)C[N+]3=C(CCCCC3)N2c2ccc(Br)cc2)cc1.[Br-]. The molecule has 0 saturated carbocycles. The number of anilines is 1. The fourth-order valence-corrected chi connectivity index (χ4v) is 4.47. The van der Waals surface area contributed by atoms with Gasteiger partial charge in [0.2, 0.25) is 0 Å². The van der Waals surface area contributed by atoms with Crippen LogP contribution < -0.4 is 21.9 Å². The fraction of sp³-hybridized carbons (Fsp3) is 0.409. The molecule has 0 saturated heterocycles. The normalized spacial score (nSPS) is 22.3. The minimum atomic E-state index is -1.02. The fourth-order valence-electron chi connectivity index (χ4n) is 4.20. The van der Waals surface area contributed by atoms with Crippen LogP contribution in [0.1, 0.15) is 43.7 Å². The molecule has 0 spiro atoms. The molecule has 4 rings (SSSR count). The maximum absolute atomic E-state index is 11.9. The zero-order valence-corrected chi connectivity index (χ0v) is 18.8. The van der Waals surface area contributed by atoms with E-state index in [1.165, 1.54) is 30.7 Å². The third kappa shape index (κ3) is 3.87. The summed E-state index contributed by atoms with van der Waals surface area (Å²) in [4.78, 5) is 2.17. The first-order valence-electron chi connectivity index (χ1n) is 9.60. The first-order chi connectivity index (χ1) is 12.6. The van der Waals surface area contributed by atoms with Crippen LogP contribution in [0.5, 0.6) is 0 Å². The van der Waals surface area contributed by atoms with Gasteiger partial charge in [-0.2, -0.15) is 4.90 Å². The summed E-state index contributed by atoms with van der Waals surface area (Å²) in [5.41, 5.74) is 2.30. The summed E-state index contributed by atoms with van der Waals surface area (Å²) >= 11 is 3.53. The Labute approximate surface area is 180 Å². The molecule has 0 aliphatic carbocycles. The highest BCUT2D eigenvalue weighted by molar-refractivity contribution is 9.10. The van der Waals surface area contributed by atoms with Gasteiger partial charge in [0, 0.05) is 16.5 Å². The number of aliphatic hydroxyl groups is 1. The van der Waals surface area contributed by atoms with Crippen molar-refractivity contribution in [2.75, 3.05) is 18.0 Å². The van der Waals surface area contributed by atoms with Gasteiger partial charge in [0.25, 0.3) is 11.6 Å². The molecule has 1 N–H and O–H groups in total. The van der Waals surface area contributed by atoms with Gasteiger partial charge in [0.15, 0.2) is 6.54 Å². The molecular formula is C22H26Br2N2O. The molecular weight excluding hydrogens is 468 g/mol. The van der Waals surface area contributed by atoms with Crippen molar-refractivity contribution in [3.05, 3.63) is 64.1 Å². The summed E-state index contributed by atoms with van der Waals surface area (Å²) < 4.78 is 3.45. The van der Waals surface area contributed by atoms with Crippen molar-refractivity contribution in [1.29, 1.82) is 0 Å². The third-order valence-corrected chi connectivity index (χ3v) is 6.17. The van der Waals surface area contributed by atoms with Crippen LogP contribution in [0.2, 0.25) is 0 Å². The number of rotatable bonds is 3. The highest BCUT2D eigenvalue weighted by Gasteiger charge is 2.53. The van der Waals surface area contributed by atoms with Crippen LogP contribution in [0.4, 0.5) is 5.69 Å². The van der Waals surface area contributed by atoms with Crippen molar-refractivity contribution in [2.45, 2.75) is 44.8 Å². The quantitative estimate of drug-likeness (QED) is 0.658. The largest absolute Gasteiger partial charge is 1.00 e. The van der Waals surface area contributed by atoms with Crippen LogP contribution in [-0.2, 0) is 12.1 Å². The molecule has 0 bridgehead atoms. The predicted molar refractivity (Wildman–Crippen MR) is 110 cm³/mol. The monoisotopic (exact) mass is 492 g/mol. The molecule has 2 aliphatic rings. The highest BCUT2D eigenvalue weighted by Crippen LogP contribution is 2.38. The Hall–Kier alpha value is -1.17. The minimum absolute atomic E-state index is 0. The van der Waals surface area contributed by atoms with E-state index in [9.17, 15) is 5.11 Å². The highest BCUT2D eigenvalue weighted by atomic mass is 79.9. The molecule has 1 unspecified atom stereocenters. The molecule has 0 amide bonds. The number of halogens is 2. The molecule has 27 heavy (non-hydrogen) atoms. The Bertz CT molecular complexity index is 817. The lowest BCUT2D eigenvalue weighted by Crippen LogP contribution is -3.00. The van der Waals surface area contributed by atoms with E-state index in [-0.39, 0.29) is 17.0 Å². The van der Waals surface area contributed by atoms with Gasteiger partial charge in [-0.05, 0) is 55.5 Å². The minimum Gasteiger partial charge on any atom is -1.00 e. The van der Waals surface area contributed by atoms with Crippen LogP contribution in [0, 0.1) is 0 Å². The maximum atomic E-state index is 11.9. The number of hydrogen-bond acceptors (Lipinski definition) is 2. The standard InChI is InChI=1S/C22H26BrN2O.BrH/c1-2-17-7-9-18(10-8-17)22(26)16-24-15-5-3-4-6-21(24)25(22)20-13-11-19(23)12-14-20;/h7-14,26H,2-6,15-16H2,1H3;1H/q+1;/p-1.